The first kappa shape index (κ1) is 11.0. The molecule has 0 spiro atoms. The van der Waals surface area contributed by atoms with Gasteiger partial charge < -0.3 is 5.11 Å². The quantitative estimate of drug-likeness (QED) is 0.661. The molecule has 0 aliphatic heterocycles. The molecular formula is C11H23NO. The SMILES string of the molecule is OCNCC1CCCCCCCC1. The number of aliphatic hydroxyl groups excluding tert-OH is 1. The van der Waals surface area contributed by atoms with E-state index in [0.717, 1.165) is 12.5 Å². The van der Waals surface area contributed by atoms with E-state index in [1.54, 1.807) is 0 Å². The smallest absolute Gasteiger partial charge is 0.0931 e. The molecule has 1 aliphatic rings. The normalized spacial score (nSPS) is 21.9. The number of hydrogen-bond acceptors (Lipinski definition) is 2. The minimum Gasteiger partial charge on any atom is -0.381 e. The van der Waals surface area contributed by atoms with Crippen molar-refractivity contribution in [3.8, 4) is 0 Å². The van der Waals surface area contributed by atoms with Crippen LogP contribution in [0.1, 0.15) is 51.4 Å². The Morgan fingerprint density at radius 3 is 2.00 bits per heavy atom. The molecule has 0 bridgehead atoms. The van der Waals surface area contributed by atoms with E-state index in [0.29, 0.717) is 0 Å². The zero-order chi connectivity index (χ0) is 9.36. The molecule has 0 atom stereocenters. The van der Waals surface area contributed by atoms with Gasteiger partial charge in [-0.15, -0.1) is 0 Å². The maximum Gasteiger partial charge on any atom is 0.0931 e. The van der Waals surface area contributed by atoms with E-state index in [1.165, 1.54) is 51.4 Å². The molecule has 0 amide bonds. The maximum absolute atomic E-state index is 8.67. The maximum atomic E-state index is 8.67. The second kappa shape index (κ2) is 7.34. The highest BCUT2D eigenvalue weighted by atomic mass is 16.3. The van der Waals surface area contributed by atoms with Gasteiger partial charge in [-0.05, 0) is 18.8 Å². The summed E-state index contributed by atoms with van der Waals surface area (Å²) < 4.78 is 0. The molecule has 0 unspecified atom stereocenters. The molecule has 78 valence electrons. The third-order valence-electron chi connectivity index (χ3n) is 3.02. The summed E-state index contributed by atoms with van der Waals surface area (Å²) in [6.45, 7) is 1.15. The summed E-state index contributed by atoms with van der Waals surface area (Å²) in [6.07, 6.45) is 11.2. The lowest BCUT2D eigenvalue weighted by atomic mass is 9.97. The van der Waals surface area contributed by atoms with Crippen LogP contribution in [0.15, 0.2) is 0 Å². The van der Waals surface area contributed by atoms with Gasteiger partial charge in [0.2, 0.25) is 0 Å². The van der Waals surface area contributed by atoms with E-state index in [2.05, 4.69) is 5.32 Å². The van der Waals surface area contributed by atoms with Crippen molar-refractivity contribution < 1.29 is 5.11 Å². The highest BCUT2D eigenvalue weighted by molar-refractivity contribution is 4.64. The van der Waals surface area contributed by atoms with Crippen molar-refractivity contribution in [2.75, 3.05) is 13.3 Å². The van der Waals surface area contributed by atoms with Crippen LogP contribution in [0.4, 0.5) is 0 Å². The fourth-order valence-corrected chi connectivity index (χ4v) is 2.19. The minimum absolute atomic E-state index is 0.135. The van der Waals surface area contributed by atoms with Gasteiger partial charge in [0.1, 0.15) is 0 Å². The largest absolute Gasteiger partial charge is 0.381 e. The van der Waals surface area contributed by atoms with Gasteiger partial charge in [-0.1, -0.05) is 38.5 Å². The van der Waals surface area contributed by atoms with E-state index in [9.17, 15) is 0 Å². The predicted octanol–water partition coefficient (Wildman–Crippen LogP) is 2.28. The molecule has 13 heavy (non-hydrogen) atoms. The van der Waals surface area contributed by atoms with Crippen molar-refractivity contribution in [2.24, 2.45) is 5.92 Å². The van der Waals surface area contributed by atoms with Gasteiger partial charge >= 0.3 is 0 Å². The molecule has 1 rings (SSSR count). The van der Waals surface area contributed by atoms with Crippen molar-refractivity contribution in [1.29, 1.82) is 0 Å². The zero-order valence-electron chi connectivity index (χ0n) is 8.60. The Kier molecular flexibility index (Phi) is 6.21. The van der Waals surface area contributed by atoms with Gasteiger partial charge in [-0.3, -0.25) is 5.32 Å². The topological polar surface area (TPSA) is 32.3 Å². The second-order valence-corrected chi connectivity index (χ2v) is 4.18. The van der Waals surface area contributed by atoms with Crippen molar-refractivity contribution in [3.05, 3.63) is 0 Å². The van der Waals surface area contributed by atoms with Gasteiger partial charge in [0, 0.05) is 6.54 Å². The molecule has 1 saturated carbocycles. The first-order valence-electron chi connectivity index (χ1n) is 5.75. The molecule has 1 aliphatic carbocycles. The van der Waals surface area contributed by atoms with E-state index in [4.69, 9.17) is 5.11 Å². The third-order valence-corrected chi connectivity index (χ3v) is 3.02. The Bertz CT molecular complexity index is 107. The number of rotatable bonds is 3. The Balaban J connectivity index is 2.16. The second-order valence-electron chi connectivity index (χ2n) is 4.18. The first-order valence-corrected chi connectivity index (χ1v) is 5.75. The average Bonchev–Trinajstić information content (AvgIpc) is 2.28. The number of hydrogen-bond donors (Lipinski definition) is 2. The van der Waals surface area contributed by atoms with Crippen molar-refractivity contribution in [3.63, 3.8) is 0 Å². The van der Waals surface area contributed by atoms with E-state index in [1.807, 2.05) is 0 Å². The standard InChI is InChI=1S/C11H23NO/c13-10-12-9-11-7-5-3-1-2-4-6-8-11/h11-13H,1-10H2. The van der Waals surface area contributed by atoms with E-state index < -0.39 is 0 Å². The zero-order valence-corrected chi connectivity index (χ0v) is 8.60. The molecule has 0 saturated heterocycles. The van der Waals surface area contributed by atoms with Crippen molar-refractivity contribution in [2.45, 2.75) is 51.4 Å². The van der Waals surface area contributed by atoms with Crippen LogP contribution in [-0.4, -0.2) is 18.4 Å². The molecule has 0 aromatic heterocycles. The monoisotopic (exact) mass is 185 g/mol. The van der Waals surface area contributed by atoms with Gasteiger partial charge in [-0.2, -0.15) is 0 Å². The Morgan fingerprint density at radius 1 is 0.923 bits per heavy atom. The molecular weight excluding hydrogens is 162 g/mol. The van der Waals surface area contributed by atoms with Crippen molar-refractivity contribution in [1.82, 2.24) is 5.32 Å². The minimum atomic E-state index is 0.135. The molecule has 1 fully saturated rings. The summed E-state index contributed by atoms with van der Waals surface area (Å²) in [6, 6.07) is 0. The summed E-state index contributed by atoms with van der Waals surface area (Å²) in [5.74, 6) is 0.810. The Hall–Kier alpha value is -0.0800. The van der Waals surface area contributed by atoms with Gasteiger partial charge in [-0.25, -0.2) is 0 Å². The van der Waals surface area contributed by atoms with Gasteiger partial charge in [0.15, 0.2) is 0 Å². The van der Waals surface area contributed by atoms with Crippen LogP contribution in [0.25, 0.3) is 0 Å². The van der Waals surface area contributed by atoms with Crippen LogP contribution in [0.5, 0.6) is 0 Å². The summed E-state index contributed by atoms with van der Waals surface area (Å²) in [4.78, 5) is 0. The lowest BCUT2D eigenvalue weighted by Gasteiger charge is -2.15. The summed E-state index contributed by atoms with van der Waals surface area (Å²) in [7, 11) is 0. The van der Waals surface area contributed by atoms with Crippen LogP contribution in [0.2, 0.25) is 0 Å². The van der Waals surface area contributed by atoms with Crippen molar-refractivity contribution >= 4 is 0 Å². The molecule has 2 nitrogen and oxygen atoms in total. The van der Waals surface area contributed by atoms with Crippen LogP contribution in [0, 0.1) is 5.92 Å². The lowest BCUT2D eigenvalue weighted by Crippen LogP contribution is -2.23. The summed E-state index contributed by atoms with van der Waals surface area (Å²) in [5, 5.41) is 11.7. The molecule has 2 N–H and O–H groups in total. The number of nitrogens with one attached hydrogen (secondary N) is 1. The molecule has 2 heteroatoms. The highest BCUT2D eigenvalue weighted by Gasteiger charge is 2.09. The predicted molar refractivity (Wildman–Crippen MR) is 55.5 cm³/mol. The Morgan fingerprint density at radius 2 is 1.46 bits per heavy atom. The van der Waals surface area contributed by atoms with Crippen LogP contribution < -0.4 is 5.32 Å². The Labute approximate surface area is 81.7 Å². The molecule has 0 radical (unpaired) electrons. The molecule has 0 aromatic rings. The fourth-order valence-electron chi connectivity index (χ4n) is 2.19. The lowest BCUT2D eigenvalue weighted by molar-refractivity contribution is 0.244. The van der Waals surface area contributed by atoms with E-state index in [-0.39, 0.29) is 6.73 Å². The van der Waals surface area contributed by atoms with Crippen LogP contribution >= 0.6 is 0 Å². The summed E-state index contributed by atoms with van der Waals surface area (Å²) in [5.41, 5.74) is 0. The third kappa shape index (κ3) is 5.27. The van der Waals surface area contributed by atoms with E-state index >= 15 is 0 Å². The average molecular weight is 185 g/mol. The van der Waals surface area contributed by atoms with Gasteiger partial charge in [0.25, 0.3) is 0 Å². The van der Waals surface area contributed by atoms with Crippen LogP contribution in [0.3, 0.4) is 0 Å². The van der Waals surface area contributed by atoms with Crippen LogP contribution in [-0.2, 0) is 0 Å². The highest BCUT2D eigenvalue weighted by Crippen LogP contribution is 2.20. The number of aliphatic hydroxyl groups is 1. The molecule has 0 aromatic carbocycles. The fraction of sp³-hybridized carbons (Fsp3) is 1.00. The molecule has 0 heterocycles. The first-order chi connectivity index (χ1) is 6.43. The van der Waals surface area contributed by atoms with Gasteiger partial charge in [0.05, 0.1) is 6.73 Å². The summed E-state index contributed by atoms with van der Waals surface area (Å²) >= 11 is 0.